The summed E-state index contributed by atoms with van der Waals surface area (Å²) in [5, 5.41) is 2.81. The lowest BCUT2D eigenvalue weighted by molar-refractivity contribution is 0.103. The quantitative estimate of drug-likeness (QED) is 0.211. The summed E-state index contributed by atoms with van der Waals surface area (Å²) >= 11 is 3.67. The monoisotopic (exact) mass is 497 g/mol. The Morgan fingerprint density at radius 1 is 1.00 bits per heavy atom. The molecule has 1 aromatic heterocycles. The minimum atomic E-state index is -0.0108. The lowest BCUT2D eigenvalue weighted by atomic mass is 9.96. The van der Waals surface area contributed by atoms with Crippen molar-refractivity contribution in [2.24, 2.45) is 0 Å². The Morgan fingerprint density at radius 2 is 1.85 bits per heavy atom. The van der Waals surface area contributed by atoms with Crippen molar-refractivity contribution in [1.29, 1.82) is 0 Å². The van der Waals surface area contributed by atoms with E-state index in [2.05, 4.69) is 28.9 Å². The van der Waals surface area contributed by atoms with E-state index >= 15 is 0 Å². The second-order valence-electron chi connectivity index (χ2n) is 7.97. The van der Waals surface area contributed by atoms with Crippen LogP contribution in [0, 0.1) is 6.07 Å². The number of para-hydroxylation sites is 2. The number of rotatable bonds is 7. The van der Waals surface area contributed by atoms with Gasteiger partial charge in [0.05, 0.1) is 10.0 Å². The van der Waals surface area contributed by atoms with Crippen LogP contribution in [0.1, 0.15) is 41.4 Å². The molecule has 0 spiro atoms. The van der Waals surface area contributed by atoms with Gasteiger partial charge in [0.1, 0.15) is 22.8 Å². The van der Waals surface area contributed by atoms with E-state index in [0.29, 0.717) is 22.6 Å². The summed E-state index contributed by atoms with van der Waals surface area (Å²) in [6, 6.07) is 28.0. The molecule has 4 aromatic carbocycles. The molecule has 0 saturated carbocycles. The van der Waals surface area contributed by atoms with Gasteiger partial charge in [-0.25, -0.2) is 0 Å². The second-order valence-corrected chi connectivity index (χ2v) is 8.76. The molecule has 0 fully saturated rings. The number of ketones is 1. The van der Waals surface area contributed by atoms with E-state index in [0.717, 1.165) is 51.2 Å². The number of unbranched alkanes of at least 4 members (excludes halogenated alkanes) is 1. The van der Waals surface area contributed by atoms with Crippen LogP contribution in [-0.2, 0) is 6.42 Å². The van der Waals surface area contributed by atoms with Crippen LogP contribution in [0.3, 0.4) is 0 Å². The van der Waals surface area contributed by atoms with Gasteiger partial charge in [0.2, 0.25) is 0 Å². The molecule has 0 N–H and O–H groups in total. The van der Waals surface area contributed by atoms with Crippen LogP contribution in [0.4, 0.5) is 0 Å². The fourth-order valence-corrected chi connectivity index (χ4v) is 4.63. The highest BCUT2D eigenvalue weighted by Crippen LogP contribution is 2.37. The molecule has 4 heteroatoms. The van der Waals surface area contributed by atoms with Crippen molar-refractivity contribution >= 4 is 43.5 Å². The Hall–Kier alpha value is -3.37. The largest absolute Gasteiger partial charge is 0.460 e. The number of carbonyl (C=O) groups excluding carboxylic acids is 1. The van der Waals surface area contributed by atoms with Crippen molar-refractivity contribution in [2.75, 3.05) is 0 Å². The van der Waals surface area contributed by atoms with Crippen molar-refractivity contribution in [3.05, 3.63) is 106 Å². The van der Waals surface area contributed by atoms with Gasteiger partial charge in [0.25, 0.3) is 0 Å². The maximum Gasteiger partial charge on any atom is 0.197 e. The predicted molar refractivity (Wildman–Crippen MR) is 135 cm³/mol. The molecule has 0 aliphatic rings. The summed E-state index contributed by atoms with van der Waals surface area (Å²) in [5.41, 5.74) is 2.08. The van der Waals surface area contributed by atoms with Crippen LogP contribution >= 0.6 is 15.9 Å². The Labute approximate surface area is 201 Å². The number of ether oxygens (including phenoxy) is 1. The summed E-state index contributed by atoms with van der Waals surface area (Å²) < 4.78 is 12.9. The van der Waals surface area contributed by atoms with Gasteiger partial charge in [-0.2, -0.15) is 0 Å². The SMILES string of the molecule is CCCCc1oc2ccccc2c1C(=O)c1ccc2c(Br)c(Oc3[c]cccc3)ccc2c1. The zero-order chi connectivity index (χ0) is 22.8. The Balaban J connectivity index is 1.53. The van der Waals surface area contributed by atoms with Gasteiger partial charge in [0.15, 0.2) is 5.78 Å². The molecular formula is C29H22BrO3. The van der Waals surface area contributed by atoms with E-state index in [-0.39, 0.29) is 5.78 Å². The van der Waals surface area contributed by atoms with Crippen LogP contribution < -0.4 is 4.74 Å². The van der Waals surface area contributed by atoms with Crippen molar-refractivity contribution in [3.8, 4) is 11.5 Å². The first-order valence-corrected chi connectivity index (χ1v) is 11.9. The molecule has 1 radical (unpaired) electrons. The fraction of sp³-hybridized carbons (Fsp3) is 0.138. The third kappa shape index (κ3) is 4.19. The van der Waals surface area contributed by atoms with E-state index in [9.17, 15) is 4.79 Å². The zero-order valence-electron chi connectivity index (χ0n) is 18.2. The smallest absolute Gasteiger partial charge is 0.197 e. The molecule has 3 nitrogen and oxygen atoms in total. The first kappa shape index (κ1) is 21.5. The molecule has 5 aromatic rings. The zero-order valence-corrected chi connectivity index (χ0v) is 19.8. The number of aryl methyl sites for hydroxylation is 1. The average Bonchev–Trinajstić information content (AvgIpc) is 3.22. The molecule has 0 atom stereocenters. The van der Waals surface area contributed by atoms with Crippen molar-refractivity contribution in [2.45, 2.75) is 26.2 Å². The lowest BCUT2D eigenvalue weighted by Gasteiger charge is -2.11. The molecule has 0 bridgehead atoms. The van der Waals surface area contributed by atoms with E-state index < -0.39 is 0 Å². The minimum absolute atomic E-state index is 0.0108. The fourth-order valence-electron chi connectivity index (χ4n) is 4.05. The molecule has 5 rings (SSSR count). The summed E-state index contributed by atoms with van der Waals surface area (Å²) in [7, 11) is 0. The van der Waals surface area contributed by atoms with E-state index in [1.54, 1.807) is 0 Å². The normalized spacial score (nSPS) is 11.2. The highest BCUT2D eigenvalue weighted by Gasteiger charge is 2.22. The average molecular weight is 498 g/mol. The number of halogens is 1. The molecule has 0 aliphatic carbocycles. The van der Waals surface area contributed by atoms with Gasteiger partial charge in [-0.1, -0.05) is 67.9 Å². The van der Waals surface area contributed by atoms with Gasteiger partial charge in [-0.05, 0) is 57.4 Å². The van der Waals surface area contributed by atoms with Crippen LogP contribution in [-0.4, -0.2) is 5.78 Å². The van der Waals surface area contributed by atoms with E-state index in [4.69, 9.17) is 9.15 Å². The number of hydrogen-bond acceptors (Lipinski definition) is 3. The van der Waals surface area contributed by atoms with Crippen molar-refractivity contribution < 1.29 is 13.9 Å². The van der Waals surface area contributed by atoms with Crippen LogP contribution in [0.15, 0.2) is 87.8 Å². The molecule has 0 saturated heterocycles. The molecule has 163 valence electrons. The number of fused-ring (bicyclic) bond motifs is 2. The minimum Gasteiger partial charge on any atom is -0.460 e. The van der Waals surface area contributed by atoms with Crippen LogP contribution in [0.5, 0.6) is 11.5 Å². The van der Waals surface area contributed by atoms with E-state index in [1.807, 2.05) is 78.9 Å². The van der Waals surface area contributed by atoms with E-state index in [1.165, 1.54) is 0 Å². The molecule has 1 heterocycles. The standard InChI is InChI=1S/C29H22BrO3/c1-2-3-12-25-27(23-11-7-8-13-24(23)33-25)29(31)20-14-16-22-19(18-20)15-17-26(28(22)30)32-21-9-5-4-6-10-21/h4-9,11,13-18H,2-3,12H2,1H3. The van der Waals surface area contributed by atoms with Gasteiger partial charge < -0.3 is 9.15 Å². The Kier molecular flexibility index (Phi) is 6.01. The number of benzene rings is 4. The van der Waals surface area contributed by atoms with Crippen LogP contribution in [0.2, 0.25) is 0 Å². The number of carbonyl (C=O) groups is 1. The maximum absolute atomic E-state index is 13.6. The summed E-state index contributed by atoms with van der Waals surface area (Å²) in [5.74, 6) is 2.11. The second kappa shape index (κ2) is 9.24. The molecule has 33 heavy (non-hydrogen) atoms. The summed E-state index contributed by atoms with van der Waals surface area (Å²) in [4.78, 5) is 13.6. The Bertz CT molecular complexity index is 1450. The third-order valence-electron chi connectivity index (χ3n) is 5.73. The third-order valence-corrected chi connectivity index (χ3v) is 6.55. The maximum atomic E-state index is 13.6. The topological polar surface area (TPSA) is 39.4 Å². The highest BCUT2D eigenvalue weighted by molar-refractivity contribution is 9.10. The van der Waals surface area contributed by atoms with Crippen molar-refractivity contribution in [3.63, 3.8) is 0 Å². The lowest BCUT2D eigenvalue weighted by Crippen LogP contribution is -2.04. The molecule has 0 aliphatic heterocycles. The van der Waals surface area contributed by atoms with Gasteiger partial charge >= 0.3 is 0 Å². The molecular weight excluding hydrogens is 476 g/mol. The van der Waals surface area contributed by atoms with Gasteiger partial charge in [-0.15, -0.1) is 0 Å². The summed E-state index contributed by atoms with van der Waals surface area (Å²) in [6.07, 6.45) is 2.77. The molecule has 0 unspecified atom stereocenters. The van der Waals surface area contributed by atoms with Crippen LogP contribution in [0.25, 0.3) is 21.7 Å². The van der Waals surface area contributed by atoms with Crippen molar-refractivity contribution in [1.82, 2.24) is 0 Å². The Morgan fingerprint density at radius 3 is 2.67 bits per heavy atom. The molecule has 0 amide bonds. The summed E-state index contributed by atoms with van der Waals surface area (Å²) in [6.45, 7) is 2.14. The predicted octanol–water partition coefficient (Wildman–Crippen LogP) is 8.51. The number of hydrogen-bond donors (Lipinski definition) is 0. The number of furan rings is 1. The van der Waals surface area contributed by atoms with Gasteiger partial charge in [-0.3, -0.25) is 4.79 Å². The highest BCUT2D eigenvalue weighted by atomic mass is 79.9. The first-order valence-electron chi connectivity index (χ1n) is 11.1. The first-order chi connectivity index (χ1) is 16.2. The van der Waals surface area contributed by atoms with Gasteiger partial charge in [0, 0.05) is 23.4 Å².